The molecule has 1 fully saturated rings. The monoisotopic (exact) mass is 280 g/mol. The van der Waals surface area contributed by atoms with Crippen LogP contribution < -0.4 is 5.32 Å². The first-order chi connectivity index (χ1) is 9.20. The first-order valence-corrected chi connectivity index (χ1v) is 7.78. The zero-order valence-electron chi connectivity index (χ0n) is 12.0. The van der Waals surface area contributed by atoms with Crippen molar-refractivity contribution in [3.05, 3.63) is 34.9 Å². The Hall–Kier alpha value is -0.570. The molecule has 1 atom stereocenters. The molecule has 0 aliphatic carbocycles. The minimum Gasteiger partial charge on any atom is -0.317 e. The van der Waals surface area contributed by atoms with E-state index < -0.39 is 0 Å². The van der Waals surface area contributed by atoms with Gasteiger partial charge in [0.2, 0.25) is 0 Å². The molecule has 0 bridgehead atoms. The lowest BCUT2D eigenvalue weighted by Crippen LogP contribution is -2.38. The molecule has 0 radical (unpaired) electrons. The summed E-state index contributed by atoms with van der Waals surface area (Å²) in [6, 6.07) is 8.78. The summed E-state index contributed by atoms with van der Waals surface area (Å²) in [7, 11) is 0. The van der Waals surface area contributed by atoms with E-state index in [1.807, 2.05) is 12.1 Å². The highest BCUT2D eigenvalue weighted by atomic mass is 35.5. The van der Waals surface area contributed by atoms with Crippen molar-refractivity contribution >= 4 is 11.6 Å². The number of piperidine rings is 1. The van der Waals surface area contributed by atoms with Gasteiger partial charge in [-0.05, 0) is 69.6 Å². The quantitative estimate of drug-likeness (QED) is 0.884. The van der Waals surface area contributed by atoms with Crippen LogP contribution in [0.2, 0.25) is 5.02 Å². The normalized spacial score (nSPS) is 19.5. The molecule has 1 unspecified atom stereocenters. The summed E-state index contributed by atoms with van der Waals surface area (Å²) >= 11 is 5.95. The molecular formula is C16H25ClN2. The van der Waals surface area contributed by atoms with E-state index in [9.17, 15) is 0 Å². The van der Waals surface area contributed by atoms with Crippen LogP contribution >= 0.6 is 11.6 Å². The van der Waals surface area contributed by atoms with Gasteiger partial charge >= 0.3 is 0 Å². The molecular weight excluding hydrogens is 256 g/mol. The summed E-state index contributed by atoms with van der Waals surface area (Å²) < 4.78 is 0. The smallest absolute Gasteiger partial charge is 0.0406 e. The average Bonchev–Trinajstić information content (AvgIpc) is 2.46. The predicted molar refractivity (Wildman–Crippen MR) is 82.7 cm³/mol. The van der Waals surface area contributed by atoms with E-state index in [1.165, 1.54) is 38.0 Å². The predicted octanol–water partition coefficient (Wildman–Crippen LogP) is 3.72. The lowest BCUT2D eigenvalue weighted by atomic mass is 9.94. The standard InChI is InChI=1S/C16H25ClN2/c1-3-18-12-14-8-10-19(11-9-14)13(2)15-4-6-16(17)7-5-15/h4-7,13-14,18H,3,8-12H2,1-2H3. The number of likely N-dealkylation sites (tertiary alicyclic amines) is 1. The number of halogens is 1. The zero-order valence-corrected chi connectivity index (χ0v) is 12.8. The molecule has 0 spiro atoms. The summed E-state index contributed by atoms with van der Waals surface area (Å²) in [6.45, 7) is 9.16. The maximum Gasteiger partial charge on any atom is 0.0406 e. The van der Waals surface area contributed by atoms with Crippen LogP contribution in [0.3, 0.4) is 0 Å². The minimum absolute atomic E-state index is 0.498. The number of hydrogen-bond donors (Lipinski definition) is 1. The first kappa shape index (κ1) is 14.8. The summed E-state index contributed by atoms with van der Waals surface area (Å²) in [6.07, 6.45) is 2.62. The van der Waals surface area contributed by atoms with Gasteiger partial charge in [0.1, 0.15) is 0 Å². The van der Waals surface area contributed by atoms with Gasteiger partial charge in [-0.2, -0.15) is 0 Å². The second-order valence-electron chi connectivity index (χ2n) is 5.51. The summed E-state index contributed by atoms with van der Waals surface area (Å²) in [4.78, 5) is 2.59. The van der Waals surface area contributed by atoms with Gasteiger partial charge < -0.3 is 5.32 Å². The molecule has 1 saturated heterocycles. The van der Waals surface area contributed by atoms with E-state index in [2.05, 4.69) is 36.2 Å². The number of benzene rings is 1. The fourth-order valence-corrected chi connectivity index (χ4v) is 2.97. The second-order valence-corrected chi connectivity index (χ2v) is 5.95. The van der Waals surface area contributed by atoms with Gasteiger partial charge in [0.15, 0.2) is 0 Å². The van der Waals surface area contributed by atoms with E-state index in [0.717, 1.165) is 17.5 Å². The molecule has 2 nitrogen and oxygen atoms in total. The molecule has 2 rings (SSSR count). The van der Waals surface area contributed by atoms with Crippen LogP contribution in [0.1, 0.15) is 38.3 Å². The van der Waals surface area contributed by atoms with Crippen molar-refractivity contribution in [2.45, 2.75) is 32.7 Å². The van der Waals surface area contributed by atoms with Crippen LogP contribution in [-0.2, 0) is 0 Å². The van der Waals surface area contributed by atoms with Crippen molar-refractivity contribution in [2.24, 2.45) is 5.92 Å². The van der Waals surface area contributed by atoms with E-state index in [1.54, 1.807) is 0 Å². The highest BCUT2D eigenvalue weighted by Crippen LogP contribution is 2.27. The molecule has 0 amide bonds. The molecule has 106 valence electrons. The van der Waals surface area contributed by atoms with Crippen LogP contribution in [0.5, 0.6) is 0 Å². The van der Waals surface area contributed by atoms with E-state index >= 15 is 0 Å². The van der Waals surface area contributed by atoms with E-state index in [0.29, 0.717) is 6.04 Å². The van der Waals surface area contributed by atoms with E-state index in [-0.39, 0.29) is 0 Å². The molecule has 1 heterocycles. The fraction of sp³-hybridized carbons (Fsp3) is 0.625. The maximum atomic E-state index is 5.95. The fourth-order valence-electron chi connectivity index (χ4n) is 2.84. The SMILES string of the molecule is CCNCC1CCN(C(C)c2ccc(Cl)cc2)CC1. The molecule has 1 aliphatic heterocycles. The average molecular weight is 281 g/mol. The van der Waals surface area contributed by atoms with E-state index in [4.69, 9.17) is 11.6 Å². The van der Waals surface area contributed by atoms with Crippen LogP contribution in [0.4, 0.5) is 0 Å². The van der Waals surface area contributed by atoms with Crippen molar-refractivity contribution in [1.29, 1.82) is 0 Å². The third kappa shape index (κ3) is 4.20. The lowest BCUT2D eigenvalue weighted by Gasteiger charge is -2.36. The molecule has 0 saturated carbocycles. The molecule has 1 aromatic rings. The Morgan fingerprint density at radius 1 is 1.26 bits per heavy atom. The second kappa shape index (κ2) is 7.28. The topological polar surface area (TPSA) is 15.3 Å². The van der Waals surface area contributed by atoms with Gasteiger partial charge in [0.05, 0.1) is 0 Å². The van der Waals surface area contributed by atoms with Gasteiger partial charge in [-0.1, -0.05) is 30.7 Å². The van der Waals surface area contributed by atoms with Crippen LogP contribution in [-0.4, -0.2) is 31.1 Å². The van der Waals surface area contributed by atoms with Crippen molar-refractivity contribution in [2.75, 3.05) is 26.2 Å². The molecule has 3 heteroatoms. The van der Waals surface area contributed by atoms with Gasteiger partial charge in [0, 0.05) is 11.1 Å². The lowest BCUT2D eigenvalue weighted by molar-refractivity contribution is 0.140. The Labute approximate surface area is 122 Å². The van der Waals surface area contributed by atoms with Gasteiger partial charge in [0.25, 0.3) is 0 Å². The third-order valence-electron chi connectivity index (χ3n) is 4.23. The Kier molecular flexibility index (Phi) is 5.68. The largest absolute Gasteiger partial charge is 0.317 e. The maximum absolute atomic E-state index is 5.95. The number of nitrogens with one attached hydrogen (secondary N) is 1. The molecule has 0 aromatic heterocycles. The molecule has 1 aromatic carbocycles. The summed E-state index contributed by atoms with van der Waals surface area (Å²) in [5.74, 6) is 0.855. The van der Waals surface area contributed by atoms with Crippen molar-refractivity contribution in [3.63, 3.8) is 0 Å². The molecule has 19 heavy (non-hydrogen) atoms. The van der Waals surface area contributed by atoms with Crippen molar-refractivity contribution in [3.8, 4) is 0 Å². The summed E-state index contributed by atoms with van der Waals surface area (Å²) in [5, 5.41) is 4.29. The van der Waals surface area contributed by atoms with Gasteiger partial charge in [-0.15, -0.1) is 0 Å². The van der Waals surface area contributed by atoms with Gasteiger partial charge in [-0.25, -0.2) is 0 Å². The van der Waals surface area contributed by atoms with Crippen molar-refractivity contribution in [1.82, 2.24) is 10.2 Å². The van der Waals surface area contributed by atoms with Crippen LogP contribution in [0, 0.1) is 5.92 Å². The summed E-state index contributed by atoms with van der Waals surface area (Å²) in [5.41, 5.74) is 1.37. The molecule has 1 N–H and O–H groups in total. The number of nitrogens with zero attached hydrogens (tertiary/aromatic N) is 1. The van der Waals surface area contributed by atoms with Crippen molar-refractivity contribution < 1.29 is 0 Å². The van der Waals surface area contributed by atoms with Crippen LogP contribution in [0.15, 0.2) is 24.3 Å². The zero-order chi connectivity index (χ0) is 13.7. The number of rotatable bonds is 5. The van der Waals surface area contributed by atoms with Crippen LogP contribution in [0.25, 0.3) is 0 Å². The number of hydrogen-bond acceptors (Lipinski definition) is 2. The third-order valence-corrected chi connectivity index (χ3v) is 4.48. The first-order valence-electron chi connectivity index (χ1n) is 7.41. The minimum atomic E-state index is 0.498. The highest BCUT2D eigenvalue weighted by Gasteiger charge is 2.23. The Balaban J connectivity index is 1.85. The Morgan fingerprint density at radius 3 is 2.47 bits per heavy atom. The Morgan fingerprint density at radius 2 is 1.89 bits per heavy atom. The molecule has 1 aliphatic rings. The van der Waals surface area contributed by atoms with Gasteiger partial charge in [-0.3, -0.25) is 4.90 Å². The Bertz CT molecular complexity index is 369. The highest BCUT2D eigenvalue weighted by molar-refractivity contribution is 6.30.